The van der Waals surface area contributed by atoms with E-state index in [-0.39, 0.29) is 18.8 Å². The topological polar surface area (TPSA) is 69.3 Å². The number of carbonyl (C=O) groups is 1. The Labute approximate surface area is 170 Å². The Hall–Kier alpha value is -2.93. The second-order valence-corrected chi connectivity index (χ2v) is 7.18. The van der Waals surface area contributed by atoms with Gasteiger partial charge in [0.1, 0.15) is 17.6 Å². The van der Waals surface area contributed by atoms with E-state index < -0.39 is 0 Å². The summed E-state index contributed by atoms with van der Waals surface area (Å²) >= 11 is 0. The predicted octanol–water partition coefficient (Wildman–Crippen LogP) is 2.83. The summed E-state index contributed by atoms with van der Waals surface area (Å²) < 4.78 is 22.2. The van der Waals surface area contributed by atoms with E-state index in [1.54, 1.807) is 25.3 Å². The minimum atomic E-state index is -0.122. The van der Waals surface area contributed by atoms with Crippen LogP contribution in [-0.4, -0.2) is 50.4 Å². The number of fused-ring (bicyclic) bond motifs is 2. The molecule has 2 aromatic rings. The number of hydrogen-bond donors (Lipinski definition) is 1. The zero-order valence-corrected chi connectivity index (χ0v) is 16.8. The molecule has 1 N–H and O–H groups in total. The van der Waals surface area contributed by atoms with Gasteiger partial charge in [-0.15, -0.1) is 0 Å². The Bertz CT molecular complexity index is 886. The first kappa shape index (κ1) is 19.4. The average molecular weight is 398 g/mol. The molecule has 0 saturated heterocycles. The summed E-state index contributed by atoms with van der Waals surface area (Å²) in [6.45, 7) is 5.16. The largest absolute Gasteiger partial charge is 0.497 e. The van der Waals surface area contributed by atoms with Crippen LogP contribution in [0.4, 0.5) is 0 Å². The van der Waals surface area contributed by atoms with Crippen molar-refractivity contribution in [1.29, 1.82) is 0 Å². The molecule has 29 heavy (non-hydrogen) atoms. The van der Waals surface area contributed by atoms with Crippen LogP contribution in [0, 0.1) is 0 Å². The van der Waals surface area contributed by atoms with Gasteiger partial charge >= 0.3 is 0 Å². The van der Waals surface area contributed by atoms with E-state index in [1.807, 2.05) is 18.2 Å². The summed E-state index contributed by atoms with van der Waals surface area (Å²) in [6.07, 6.45) is 1.04. The molecule has 0 bridgehead atoms. The highest BCUT2D eigenvalue weighted by Crippen LogP contribution is 2.32. The average Bonchev–Trinajstić information content (AvgIpc) is 3.14. The SMILES string of the molecule is CC[C@@H]1CN(CCNC(=O)c2ccc3c(c2)OCO3)Cc2cc(OC)ccc2O1. The molecule has 1 amide bonds. The third kappa shape index (κ3) is 4.40. The molecule has 0 aromatic heterocycles. The standard InChI is InChI=1S/C22H26N2O5/c1-3-17-13-24(12-16-10-18(26-2)5-7-19(16)29-17)9-8-23-22(25)15-4-6-20-21(11-15)28-14-27-20/h4-7,10-11,17H,3,8-9,12-14H2,1-2H3,(H,23,25)/t17-/m1/s1. The molecule has 2 aromatic carbocycles. The summed E-state index contributed by atoms with van der Waals surface area (Å²) in [7, 11) is 1.66. The Balaban J connectivity index is 1.37. The highest BCUT2D eigenvalue weighted by molar-refractivity contribution is 5.94. The monoisotopic (exact) mass is 398 g/mol. The maximum atomic E-state index is 12.5. The van der Waals surface area contributed by atoms with Gasteiger partial charge in [0.05, 0.1) is 7.11 Å². The van der Waals surface area contributed by atoms with Crippen molar-refractivity contribution in [3.05, 3.63) is 47.5 Å². The second kappa shape index (κ2) is 8.61. The van der Waals surface area contributed by atoms with Crippen molar-refractivity contribution in [3.8, 4) is 23.0 Å². The third-order valence-electron chi connectivity index (χ3n) is 5.22. The van der Waals surface area contributed by atoms with Gasteiger partial charge in [-0.05, 0) is 42.8 Å². The smallest absolute Gasteiger partial charge is 0.251 e. The summed E-state index contributed by atoms with van der Waals surface area (Å²) in [5.74, 6) is 2.89. The number of nitrogens with one attached hydrogen (secondary N) is 1. The summed E-state index contributed by atoms with van der Waals surface area (Å²) in [4.78, 5) is 14.8. The maximum absolute atomic E-state index is 12.5. The van der Waals surface area contributed by atoms with Crippen LogP contribution in [0.3, 0.4) is 0 Å². The van der Waals surface area contributed by atoms with E-state index in [0.29, 0.717) is 23.6 Å². The van der Waals surface area contributed by atoms with Crippen molar-refractivity contribution in [1.82, 2.24) is 10.2 Å². The van der Waals surface area contributed by atoms with Gasteiger partial charge < -0.3 is 24.3 Å². The van der Waals surface area contributed by atoms with Gasteiger partial charge in [0.25, 0.3) is 5.91 Å². The molecule has 2 aliphatic rings. The normalized spacial score (nSPS) is 17.8. The number of carbonyl (C=O) groups excluding carboxylic acids is 1. The van der Waals surface area contributed by atoms with E-state index in [0.717, 1.165) is 43.1 Å². The molecular weight excluding hydrogens is 372 g/mol. The van der Waals surface area contributed by atoms with Crippen LogP contribution < -0.4 is 24.3 Å². The van der Waals surface area contributed by atoms with Crippen molar-refractivity contribution >= 4 is 5.91 Å². The van der Waals surface area contributed by atoms with Crippen molar-refractivity contribution in [2.75, 3.05) is 33.5 Å². The van der Waals surface area contributed by atoms with E-state index in [9.17, 15) is 4.79 Å². The van der Waals surface area contributed by atoms with Crippen LogP contribution in [0.1, 0.15) is 29.3 Å². The lowest BCUT2D eigenvalue weighted by molar-refractivity contribution is 0.0942. The fourth-order valence-electron chi connectivity index (χ4n) is 3.58. The maximum Gasteiger partial charge on any atom is 0.251 e. The molecule has 2 heterocycles. The van der Waals surface area contributed by atoms with Crippen LogP contribution in [-0.2, 0) is 6.54 Å². The summed E-state index contributed by atoms with van der Waals surface area (Å²) in [6, 6.07) is 11.1. The molecule has 0 saturated carbocycles. The Morgan fingerprint density at radius 2 is 2.00 bits per heavy atom. The quantitative estimate of drug-likeness (QED) is 0.807. The van der Waals surface area contributed by atoms with Gasteiger partial charge in [-0.3, -0.25) is 9.69 Å². The lowest BCUT2D eigenvalue weighted by atomic mass is 10.1. The number of ether oxygens (including phenoxy) is 4. The van der Waals surface area contributed by atoms with Gasteiger partial charge in [0.15, 0.2) is 11.5 Å². The van der Waals surface area contributed by atoms with Crippen LogP contribution >= 0.6 is 0 Å². The zero-order valence-electron chi connectivity index (χ0n) is 16.8. The van der Waals surface area contributed by atoms with Crippen molar-refractivity contribution in [2.45, 2.75) is 26.0 Å². The number of amides is 1. The van der Waals surface area contributed by atoms with Crippen molar-refractivity contribution in [2.24, 2.45) is 0 Å². The fourth-order valence-corrected chi connectivity index (χ4v) is 3.58. The van der Waals surface area contributed by atoms with Crippen LogP contribution in [0.25, 0.3) is 0 Å². The number of rotatable bonds is 6. The summed E-state index contributed by atoms with van der Waals surface area (Å²) in [5, 5.41) is 2.99. The van der Waals surface area contributed by atoms with Gasteiger partial charge in [-0.25, -0.2) is 0 Å². The van der Waals surface area contributed by atoms with Gasteiger partial charge in [0, 0.05) is 37.3 Å². The number of hydrogen-bond acceptors (Lipinski definition) is 6. The first-order chi connectivity index (χ1) is 14.2. The molecule has 7 nitrogen and oxygen atoms in total. The van der Waals surface area contributed by atoms with E-state index in [1.165, 1.54) is 0 Å². The molecule has 0 unspecified atom stereocenters. The third-order valence-corrected chi connectivity index (χ3v) is 5.22. The van der Waals surface area contributed by atoms with Crippen LogP contribution in [0.5, 0.6) is 23.0 Å². The molecule has 2 aliphatic heterocycles. The Kier molecular flexibility index (Phi) is 5.76. The number of nitrogens with zero attached hydrogens (tertiary/aromatic N) is 1. The zero-order chi connectivity index (χ0) is 20.2. The van der Waals surface area contributed by atoms with Gasteiger partial charge in [-0.1, -0.05) is 6.92 Å². The molecule has 0 aliphatic carbocycles. The molecule has 4 rings (SSSR count). The minimum Gasteiger partial charge on any atom is -0.497 e. The highest BCUT2D eigenvalue weighted by Gasteiger charge is 2.22. The predicted molar refractivity (Wildman–Crippen MR) is 108 cm³/mol. The number of benzene rings is 2. The molecule has 0 radical (unpaired) electrons. The van der Waals surface area contributed by atoms with Gasteiger partial charge in [0.2, 0.25) is 6.79 Å². The van der Waals surface area contributed by atoms with Crippen LogP contribution in [0.2, 0.25) is 0 Å². The van der Waals surface area contributed by atoms with E-state index in [2.05, 4.69) is 17.1 Å². The Morgan fingerprint density at radius 1 is 1.17 bits per heavy atom. The van der Waals surface area contributed by atoms with Crippen molar-refractivity contribution < 1.29 is 23.7 Å². The molecule has 1 atom stereocenters. The molecule has 0 spiro atoms. The molecule has 0 fully saturated rings. The lowest BCUT2D eigenvalue weighted by Crippen LogP contribution is -2.38. The van der Waals surface area contributed by atoms with Gasteiger partial charge in [-0.2, -0.15) is 0 Å². The highest BCUT2D eigenvalue weighted by atomic mass is 16.7. The Morgan fingerprint density at radius 3 is 2.83 bits per heavy atom. The first-order valence-corrected chi connectivity index (χ1v) is 9.90. The first-order valence-electron chi connectivity index (χ1n) is 9.90. The molecular formula is C22H26N2O5. The van der Waals surface area contributed by atoms with Crippen molar-refractivity contribution in [3.63, 3.8) is 0 Å². The lowest BCUT2D eigenvalue weighted by Gasteiger charge is -2.23. The molecule has 7 heteroatoms. The fraction of sp³-hybridized carbons (Fsp3) is 0.409. The van der Waals surface area contributed by atoms with E-state index >= 15 is 0 Å². The molecule has 154 valence electrons. The van der Waals surface area contributed by atoms with E-state index in [4.69, 9.17) is 18.9 Å². The minimum absolute atomic E-state index is 0.120. The number of methoxy groups -OCH3 is 1. The second-order valence-electron chi connectivity index (χ2n) is 7.18. The summed E-state index contributed by atoms with van der Waals surface area (Å²) in [5.41, 5.74) is 1.66. The van der Waals surface area contributed by atoms with Crippen LogP contribution in [0.15, 0.2) is 36.4 Å².